The highest BCUT2D eigenvalue weighted by Gasteiger charge is 2.18. The molecule has 0 radical (unpaired) electrons. The van der Waals surface area contributed by atoms with E-state index >= 15 is 0 Å². The van der Waals surface area contributed by atoms with Gasteiger partial charge in [0.2, 0.25) is 0 Å². The fourth-order valence-corrected chi connectivity index (χ4v) is 1.96. The maximum Gasteiger partial charge on any atom is 0.129 e. The summed E-state index contributed by atoms with van der Waals surface area (Å²) in [6, 6.07) is 0. The van der Waals surface area contributed by atoms with E-state index in [1.807, 2.05) is 0 Å². The van der Waals surface area contributed by atoms with Crippen LogP contribution in [0.15, 0.2) is 0 Å². The van der Waals surface area contributed by atoms with Crippen LogP contribution in [0.1, 0.15) is 32.6 Å². The van der Waals surface area contributed by atoms with Crippen molar-refractivity contribution >= 4 is 5.78 Å². The highest BCUT2D eigenvalue weighted by atomic mass is 16.5. The maximum atomic E-state index is 10.8. The van der Waals surface area contributed by atoms with Gasteiger partial charge in [-0.25, -0.2) is 0 Å². The van der Waals surface area contributed by atoms with Crippen molar-refractivity contribution in [3.8, 4) is 0 Å². The number of ether oxygens (including phenoxy) is 1. The van der Waals surface area contributed by atoms with Crippen molar-refractivity contribution in [1.29, 1.82) is 0 Å². The summed E-state index contributed by atoms with van der Waals surface area (Å²) < 4.78 is 5.34. The third kappa shape index (κ3) is 4.20. The molecule has 0 saturated carbocycles. The van der Waals surface area contributed by atoms with Gasteiger partial charge in [-0.15, -0.1) is 0 Å². The first-order valence-corrected chi connectivity index (χ1v) is 5.47. The minimum atomic E-state index is 0.297. The molecule has 0 N–H and O–H groups in total. The van der Waals surface area contributed by atoms with Crippen molar-refractivity contribution in [1.82, 2.24) is 4.90 Å². The average molecular weight is 199 g/mol. The molecule has 1 unspecified atom stereocenters. The molecule has 1 rings (SSSR count). The van der Waals surface area contributed by atoms with Crippen LogP contribution in [0.2, 0.25) is 0 Å². The molecule has 0 aromatic rings. The molecule has 0 aromatic heterocycles. The fraction of sp³-hybridized carbons (Fsp3) is 0.909. The zero-order valence-electron chi connectivity index (χ0n) is 9.29. The van der Waals surface area contributed by atoms with Crippen molar-refractivity contribution in [3.63, 3.8) is 0 Å². The molecule has 3 nitrogen and oxygen atoms in total. The van der Waals surface area contributed by atoms with E-state index in [0.29, 0.717) is 18.3 Å². The van der Waals surface area contributed by atoms with Crippen LogP contribution in [-0.2, 0) is 9.53 Å². The Morgan fingerprint density at radius 2 is 2.36 bits per heavy atom. The van der Waals surface area contributed by atoms with Crippen LogP contribution in [0.3, 0.4) is 0 Å². The number of ketones is 1. The van der Waals surface area contributed by atoms with Gasteiger partial charge in [-0.3, -0.25) is 0 Å². The number of likely N-dealkylation sites (tertiary alicyclic amines) is 1. The van der Waals surface area contributed by atoms with Crippen LogP contribution >= 0.6 is 0 Å². The van der Waals surface area contributed by atoms with Gasteiger partial charge in [0, 0.05) is 20.1 Å². The van der Waals surface area contributed by atoms with Crippen molar-refractivity contribution < 1.29 is 9.53 Å². The Morgan fingerprint density at radius 1 is 1.57 bits per heavy atom. The van der Waals surface area contributed by atoms with Gasteiger partial charge in [0.15, 0.2) is 0 Å². The van der Waals surface area contributed by atoms with Crippen molar-refractivity contribution in [3.05, 3.63) is 0 Å². The van der Waals surface area contributed by atoms with Gasteiger partial charge < -0.3 is 14.4 Å². The summed E-state index contributed by atoms with van der Waals surface area (Å²) in [7, 11) is 1.78. The Bertz CT molecular complexity index is 182. The Hall–Kier alpha value is -0.410. The topological polar surface area (TPSA) is 29.5 Å². The lowest BCUT2D eigenvalue weighted by Crippen LogP contribution is -2.39. The highest BCUT2D eigenvalue weighted by Crippen LogP contribution is 2.12. The summed E-state index contributed by atoms with van der Waals surface area (Å²) in [4.78, 5) is 13.2. The zero-order chi connectivity index (χ0) is 10.4. The molecule has 0 aliphatic carbocycles. The fourth-order valence-electron chi connectivity index (χ4n) is 1.96. The molecule has 0 amide bonds. The predicted octanol–water partition coefficient (Wildman–Crippen LogP) is 1.47. The molecule has 0 bridgehead atoms. The number of Topliss-reactive ketones (excluding diaryl/α,β-unsaturated/α-hetero) is 1. The van der Waals surface area contributed by atoms with E-state index in [-0.39, 0.29) is 0 Å². The summed E-state index contributed by atoms with van der Waals surface area (Å²) >= 11 is 0. The quantitative estimate of drug-likeness (QED) is 0.671. The first-order chi connectivity index (χ1) is 6.72. The van der Waals surface area contributed by atoms with Crippen molar-refractivity contribution in [2.24, 2.45) is 0 Å². The largest absolute Gasteiger partial charge is 0.380 e. The molecule has 82 valence electrons. The molecular formula is C11H21NO2. The number of rotatable bonds is 5. The smallest absolute Gasteiger partial charge is 0.129 e. The molecule has 0 spiro atoms. The highest BCUT2D eigenvalue weighted by molar-refractivity contribution is 5.75. The average Bonchev–Trinajstić information content (AvgIpc) is 2.18. The third-order valence-electron chi connectivity index (χ3n) is 2.80. The predicted molar refractivity (Wildman–Crippen MR) is 56.4 cm³/mol. The summed E-state index contributed by atoms with van der Waals surface area (Å²) in [6.07, 6.45) is 4.51. The van der Waals surface area contributed by atoms with Crippen LogP contribution in [0.5, 0.6) is 0 Å². The Labute approximate surface area is 86.4 Å². The van der Waals surface area contributed by atoms with Gasteiger partial charge in [-0.2, -0.15) is 0 Å². The molecular weight excluding hydrogens is 178 g/mol. The molecule has 1 aliphatic rings. The lowest BCUT2D eigenvalue weighted by Gasteiger charge is -2.31. The second kappa shape index (κ2) is 6.14. The van der Waals surface area contributed by atoms with Crippen LogP contribution in [-0.4, -0.2) is 43.5 Å². The van der Waals surface area contributed by atoms with E-state index in [0.717, 1.165) is 26.1 Å². The van der Waals surface area contributed by atoms with E-state index in [1.54, 1.807) is 14.0 Å². The Morgan fingerprint density at radius 3 is 3.00 bits per heavy atom. The van der Waals surface area contributed by atoms with Crippen LogP contribution in [0, 0.1) is 0 Å². The molecule has 1 saturated heterocycles. The van der Waals surface area contributed by atoms with E-state index in [4.69, 9.17) is 4.74 Å². The van der Waals surface area contributed by atoms with Crippen molar-refractivity contribution in [2.75, 3.05) is 26.7 Å². The first-order valence-electron chi connectivity index (χ1n) is 5.47. The van der Waals surface area contributed by atoms with Gasteiger partial charge in [0.1, 0.15) is 5.78 Å². The number of carbonyl (C=O) groups excluding carboxylic acids is 1. The first kappa shape index (κ1) is 11.7. The molecule has 14 heavy (non-hydrogen) atoms. The minimum absolute atomic E-state index is 0.297. The van der Waals surface area contributed by atoms with E-state index in [9.17, 15) is 4.79 Å². The lowest BCUT2D eigenvalue weighted by atomic mass is 10.1. The molecule has 1 atom stereocenters. The number of carbonyl (C=O) groups is 1. The van der Waals surface area contributed by atoms with Crippen LogP contribution in [0.4, 0.5) is 0 Å². The van der Waals surface area contributed by atoms with E-state index < -0.39 is 0 Å². The number of piperidine rings is 1. The SMILES string of the molecule is COC1CCCN(CCCC(C)=O)C1. The molecule has 3 heteroatoms. The second-order valence-corrected chi connectivity index (χ2v) is 4.11. The maximum absolute atomic E-state index is 10.8. The minimum Gasteiger partial charge on any atom is -0.380 e. The van der Waals surface area contributed by atoms with Gasteiger partial charge in [-0.05, 0) is 39.3 Å². The standard InChI is InChI=1S/C11H21NO2/c1-10(13)5-3-7-12-8-4-6-11(9-12)14-2/h11H,3-9H2,1-2H3. The Balaban J connectivity index is 2.14. The van der Waals surface area contributed by atoms with Crippen LogP contribution < -0.4 is 0 Å². The molecule has 1 heterocycles. The normalized spacial score (nSPS) is 23.7. The van der Waals surface area contributed by atoms with E-state index in [2.05, 4.69) is 4.90 Å². The number of hydrogen-bond acceptors (Lipinski definition) is 3. The second-order valence-electron chi connectivity index (χ2n) is 4.11. The summed E-state index contributed by atoms with van der Waals surface area (Å²) in [5.74, 6) is 0.297. The Kier molecular flexibility index (Phi) is 5.12. The number of nitrogens with zero attached hydrogens (tertiary/aromatic N) is 1. The van der Waals surface area contributed by atoms with Gasteiger partial charge in [-0.1, -0.05) is 0 Å². The van der Waals surface area contributed by atoms with Gasteiger partial charge in [0.25, 0.3) is 0 Å². The summed E-state index contributed by atoms with van der Waals surface area (Å²) in [5.41, 5.74) is 0. The molecule has 0 aromatic carbocycles. The van der Waals surface area contributed by atoms with E-state index in [1.165, 1.54) is 12.8 Å². The third-order valence-corrected chi connectivity index (χ3v) is 2.80. The molecule has 1 fully saturated rings. The number of methoxy groups -OCH3 is 1. The van der Waals surface area contributed by atoms with Crippen LogP contribution in [0.25, 0.3) is 0 Å². The monoisotopic (exact) mass is 199 g/mol. The lowest BCUT2D eigenvalue weighted by molar-refractivity contribution is -0.117. The van der Waals surface area contributed by atoms with Gasteiger partial charge in [0.05, 0.1) is 6.10 Å². The summed E-state index contributed by atoms with van der Waals surface area (Å²) in [6.45, 7) is 4.90. The molecule has 1 aliphatic heterocycles. The van der Waals surface area contributed by atoms with Gasteiger partial charge >= 0.3 is 0 Å². The zero-order valence-corrected chi connectivity index (χ0v) is 9.29. The van der Waals surface area contributed by atoms with Crippen molar-refractivity contribution in [2.45, 2.75) is 38.7 Å². The summed E-state index contributed by atoms with van der Waals surface area (Å²) in [5, 5.41) is 0. The number of hydrogen-bond donors (Lipinski definition) is 0.